The van der Waals surface area contributed by atoms with Crippen molar-refractivity contribution < 1.29 is 17.9 Å². The Morgan fingerprint density at radius 1 is 1.15 bits per heavy atom. The number of aryl methyl sites for hydroxylation is 1. The average Bonchev–Trinajstić information content (AvgIpc) is 2.63. The van der Waals surface area contributed by atoms with Gasteiger partial charge in [0.25, 0.3) is 0 Å². The van der Waals surface area contributed by atoms with Crippen molar-refractivity contribution in [3.8, 4) is 5.75 Å². The van der Waals surface area contributed by atoms with E-state index in [4.69, 9.17) is 4.74 Å². The van der Waals surface area contributed by atoms with Crippen LogP contribution in [0.15, 0.2) is 53.7 Å². The second kappa shape index (κ2) is 8.77. The Morgan fingerprint density at radius 3 is 2.54 bits per heavy atom. The number of hydrogen-bond donors (Lipinski definition) is 0. The molecule has 1 aromatic heterocycles. The molecule has 0 saturated carbocycles. The minimum atomic E-state index is -3.74. The number of sulfonamides is 1. The zero-order chi connectivity index (χ0) is 19.2. The highest BCUT2D eigenvalue weighted by molar-refractivity contribution is 7.89. The lowest BCUT2D eigenvalue weighted by atomic mass is 10.2. The fourth-order valence-electron chi connectivity index (χ4n) is 2.21. The lowest BCUT2D eigenvalue weighted by Gasteiger charge is -2.22. The molecule has 0 N–H and O–H groups in total. The SMILES string of the molecule is Cc1ccccc1OCCN(C)C(=O)CN(C)S(=O)(=O)c1cccnc1. The van der Waals surface area contributed by atoms with Crippen LogP contribution in [0.4, 0.5) is 0 Å². The fourth-order valence-corrected chi connectivity index (χ4v) is 3.30. The highest BCUT2D eigenvalue weighted by atomic mass is 32.2. The highest BCUT2D eigenvalue weighted by Crippen LogP contribution is 2.16. The van der Waals surface area contributed by atoms with Crippen LogP contribution in [0.2, 0.25) is 0 Å². The third-order valence-electron chi connectivity index (χ3n) is 3.90. The first kappa shape index (κ1) is 19.9. The van der Waals surface area contributed by atoms with Gasteiger partial charge in [0.15, 0.2) is 0 Å². The molecule has 0 bridgehead atoms. The Balaban J connectivity index is 1.87. The largest absolute Gasteiger partial charge is 0.491 e. The Morgan fingerprint density at radius 2 is 1.88 bits per heavy atom. The van der Waals surface area contributed by atoms with Crippen LogP contribution in [0.5, 0.6) is 5.75 Å². The van der Waals surface area contributed by atoms with Crippen molar-refractivity contribution in [1.82, 2.24) is 14.2 Å². The zero-order valence-corrected chi connectivity index (χ0v) is 15.9. The molecular formula is C18H23N3O4S. The van der Waals surface area contributed by atoms with Crippen molar-refractivity contribution in [2.45, 2.75) is 11.8 Å². The minimum absolute atomic E-state index is 0.0563. The molecule has 0 aliphatic heterocycles. The number of carbonyl (C=O) groups is 1. The first-order valence-corrected chi connectivity index (χ1v) is 9.55. The minimum Gasteiger partial charge on any atom is -0.491 e. The van der Waals surface area contributed by atoms with Crippen LogP contribution < -0.4 is 4.74 Å². The van der Waals surface area contributed by atoms with Gasteiger partial charge in [-0.1, -0.05) is 18.2 Å². The van der Waals surface area contributed by atoms with Gasteiger partial charge in [0.05, 0.1) is 13.1 Å². The summed E-state index contributed by atoms with van der Waals surface area (Å²) in [6, 6.07) is 10.6. The molecule has 140 valence electrons. The standard InChI is InChI=1S/C18H23N3O4S/c1-15-7-4-5-9-17(15)25-12-11-20(2)18(22)14-21(3)26(23,24)16-8-6-10-19-13-16/h4-10,13H,11-12,14H2,1-3H3. The van der Waals surface area contributed by atoms with E-state index in [2.05, 4.69) is 4.98 Å². The summed E-state index contributed by atoms with van der Waals surface area (Å²) in [5, 5.41) is 0. The smallest absolute Gasteiger partial charge is 0.244 e. The number of ether oxygens (including phenoxy) is 1. The number of pyridine rings is 1. The second-order valence-electron chi connectivity index (χ2n) is 5.88. The maximum atomic E-state index is 12.4. The van der Waals surface area contributed by atoms with E-state index < -0.39 is 10.0 Å². The lowest BCUT2D eigenvalue weighted by molar-refractivity contribution is -0.130. The van der Waals surface area contributed by atoms with Crippen LogP contribution in [0.25, 0.3) is 0 Å². The van der Waals surface area contributed by atoms with Gasteiger partial charge in [-0.15, -0.1) is 0 Å². The number of nitrogens with zero attached hydrogens (tertiary/aromatic N) is 3. The number of amides is 1. The van der Waals surface area contributed by atoms with Crippen LogP contribution in [-0.2, 0) is 14.8 Å². The first-order valence-electron chi connectivity index (χ1n) is 8.11. The van der Waals surface area contributed by atoms with Gasteiger partial charge in [-0.2, -0.15) is 4.31 Å². The summed E-state index contributed by atoms with van der Waals surface area (Å²) in [5.41, 5.74) is 1.02. The molecule has 0 unspecified atom stereocenters. The predicted octanol–water partition coefficient (Wildman–Crippen LogP) is 1.55. The molecule has 1 aromatic carbocycles. The van der Waals surface area contributed by atoms with E-state index in [1.54, 1.807) is 7.05 Å². The molecule has 0 aliphatic carbocycles. The molecule has 1 amide bonds. The van der Waals surface area contributed by atoms with E-state index in [0.717, 1.165) is 15.6 Å². The first-order chi connectivity index (χ1) is 12.3. The number of likely N-dealkylation sites (N-methyl/N-ethyl adjacent to an activating group) is 2. The molecule has 26 heavy (non-hydrogen) atoms. The predicted molar refractivity (Wildman–Crippen MR) is 98.4 cm³/mol. The van der Waals surface area contributed by atoms with Gasteiger partial charge in [-0.25, -0.2) is 8.42 Å². The Kier molecular flexibility index (Phi) is 6.70. The summed E-state index contributed by atoms with van der Waals surface area (Å²) < 4.78 is 31.5. The van der Waals surface area contributed by atoms with Gasteiger partial charge in [-0.3, -0.25) is 9.78 Å². The van der Waals surface area contributed by atoms with E-state index in [1.165, 1.54) is 36.5 Å². The summed E-state index contributed by atoms with van der Waals surface area (Å²) in [6.45, 7) is 2.38. The fraction of sp³-hybridized carbons (Fsp3) is 0.333. The third kappa shape index (κ3) is 5.03. The van der Waals surface area contributed by atoms with Crippen molar-refractivity contribution in [2.75, 3.05) is 33.8 Å². The Bertz CT molecular complexity index is 841. The number of para-hydroxylation sites is 1. The van der Waals surface area contributed by atoms with Crippen LogP contribution in [0.1, 0.15) is 5.56 Å². The number of carbonyl (C=O) groups excluding carboxylic acids is 1. The van der Waals surface area contributed by atoms with Crippen molar-refractivity contribution in [2.24, 2.45) is 0 Å². The normalized spacial score (nSPS) is 11.4. The van der Waals surface area contributed by atoms with Crippen LogP contribution in [0, 0.1) is 6.92 Å². The number of benzene rings is 1. The van der Waals surface area contributed by atoms with Crippen molar-refractivity contribution in [3.63, 3.8) is 0 Å². The molecule has 2 aromatic rings. The summed E-state index contributed by atoms with van der Waals surface area (Å²) in [5.74, 6) is 0.456. The second-order valence-corrected chi connectivity index (χ2v) is 7.92. The van der Waals surface area contributed by atoms with Crippen molar-refractivity contribution >= 4 is 15.9 Å². The Hall–Kier alpha value is -2.45. The number of hydrogen-bond acceptors (Lipinski definition) is 5. The van der Waals surface area contributed by atoms with Gasteiger partial charge < -0.3 is 9.64 Å². The maximum Gasteiger partial charge on any atom is 0.244 e. The molecule has 0 atom stereocenters. The van der Waals surface area contributed by atoms with Crippen LogP contribution in [0.3, 0.4) is 0 Å². The van der Waals surface area contributed by atoms with Gasteiger partial charge in [0, 0.05) is 26.5 Å². The van der Waals surface area contributed by atoms with E-state index in [-0.39, 0.29) is 17.3 Å². The summed E-state index contributed by atoms with van der Waals surface area (Å²) in [7, 11) is -0.753. The summed E-state index contributed by atoms with van der Waals surface area (Å²) in [6.07, 6.45) is 2.75. The molecular weight excluding hydrogens is 354 g/mol. The third-order valence-corrected chi connectivity index (χ3v) is 5.69. The number of rotatable bonds is 8. The van der Waals surface area contributed by atoms with E-state index in [9.17, 15) is 13.2 Å². The highest BCUT2D eigenvalue weighted by Gasteiger charge is 2.24. The van der Waals surface area contributed by atoms with E-state index in [0.29, 0.717) is 13.2 Å². The molecule has 0 fully saturated rings. The van der Waals surface area contributed by atoms with Gasteiger partial charge in [-0.05, 0) is 30.7 Å². The van der Waals surface area contributed by atoms with E-state index in [1.807, 2.05) is 31.2 Å². The molecule has 0 saturated heterocycles. The zero-order valence-electron chi connectivity index (χ0n) is 15.1. The Labute approximate surface area is 154 Å². The van der Waals surface area contributed by atoms with Gasteiger partial charge >= 0.3 is 0 Å². The molecule has 2 rings (SSSR count). The summed E-state index contributed by atoms with van der Waals surface area (Å²) >= 11 is 0. The van der Waals surface area contributed by atoms with Crippen LogP contribution in [-0.4, -0.2) is 62.3 Å². The molecule has 8 heteroatoms. The maximum absolute atomic E-state index is 12.4. The van der Waals surface area contributed by atoms with Crippen LogP contribution >= 0.6 is 0 Å². The van der Waals surface area contributed by atoms with Crippen molar-refractivity contribution in [3.05, 3.63) is 54.4 Å². The average molecular weight is 377 g/mol. The van der Waals surface area contributed by atoms with E-state index >= 15 is 0 Å². The quantitative estimate of drug-likeness (QED) is 0.697. The molecule has 1 heterocycles. The van der Waals surface area contributed by atoms with Crippen molar-refractivity contribution in [1.29, 1.82) is 0 Å². The summed E-state index contributed by atoms with van der Waals surface area (Å²) in [4.78, 5) is 17.6. The lowest BCUT2D eigenvalue weighted by Crippen LogP contribution is -2.40. The molecule has 0 spiro atoms. The number of aromatic nitrogens is 1. The van der Waals surface area contributed by atoms with Gasteiger partial charge in [0.1, 0.15) is 17.3 Å². The topological polar surface area (TPSA) is 79.8 Å². The van der Waals surface area contributed by atoms with Gasteiger partial charge in [0.2, 0.25) is 15.9 Å². The monoisotopic (exact) mass is 377 g/mol. The molecule has 0 aliphatic rings. The molecule has 7 nitrogen and oxygen atoms in total. The molecule has 0 radical (unpaired) electrons.